The second-order valence-electron chi connectivity index (χ2n) is 6.55. The predicted molar refractivity (Wildman–Crippen MR) is 134 cm³/mol. The summed E-state index contributed by atoms with van der Waals surface area (Å²) in [5.41, 5.74) is 7.55. The van der Waals surface area contributed by atoms with Gasteiger partial charge in [-0.3, -0.25) is 9.59 Å². The monoisotopic (exact) mass is 466 g/mol. The number of ether oxygens (including phenoxy) is 1. The van der Waals surface area contributed by atoms with Gasteiger partial charge in [-0.05, 0) is 54.7 Å². The van der Waals surface area contributed by atoms with Crippen LogP contribution in [0, 0.1) is 0 Å². The third-order valence-corrected chi connectivity index (χ3v) is 5.48. The van der Waals surface area contributed by atoms with Crippen LogP contribution in [0.1, 0.15) is 10.4 Å². The summed E-state index contributed by atoms with van der Waals surface area (Å²) in [5, 5.41) is 9.38. The van der Waals surface area contributed by atoms with E-state index in [1.54, 1.807) is 31.4 Å². The number of hydrogen-bond donors (Lipinski definition) is 4. The number of nitrogens with two attached hydrogens (primary N) is 1. The molecular weight excluding hydrogens is 444 g/mol. The van der Waals surface area contributed by atoms with Crippen molar-refractivity contribution >= 4 is 58.0 Å². The van der Waals surface area contributed by atoms with E-state index >= 15 is 0 Å². The van der Waals surface area contributed by atoms with Crippen LogP contribution in [0.15, 0.2) is 77.7 Å². The van der Waals surface area contributed by atoms with Crippen molar-refractivity contribution in [1.82, 2.24) is 0 Å². The molecule has 0 fully saturated rings. The van der Waals surface area contributed by atoms with Crippen LogP contribution < -0.4 is 26.4 Å². The summed E-state index contributed by atoms with van der Waals surface area (Å²) in [5.74, 6) is 0.0193. The largest absolute Gasteiger partial charge is 0.495 e. The zero-order valence-electron chi connectivity index (χ0n) is 17.3. The highest BCUT2D eigenvalue weighted by Crippen LogP contribution is 2.25. The molecule has 0 bridgehead atoms. The van der Waals surface area contributed by atoms with E-state index in [4.69, 9.17) is 22.7 Å². The summed E-state index contributed by atoms with van der Waals surface area (Å²) in [6.45, 7) is 0. The topological polar surface area (TPSA) is 105 Å². The van der Waals surface area contributed by atoms with Crippen LogP contribution in [0.5, 0.6) is 5.75 Å². The van der Waals surface area contributed by atoms with Gasteiger partial charge in [0, 0.05) is 10.6 Å². The molecule has 0 heterocycles. The number of primary amides is 1. The number of para-hydroxylation sites is 3. The van der Waals surface area contributed by atoms with Crippen LogP contribution >= 0.6 is 24.0 Å². The molecule has 3 aromatic rings. The van der Waals surface area contributed by atoms with E-state index in [-0.39, 0.29) is 17.2 Å². The molecule has 0 aliphatic carbocycles. The van der Waals surface area contributed by atoms with Crippen molar-refractivity contribution in [2.75, 3.05) is 28.8 Å². The van der Waals surface area contributed by atoms with Crippen LogP contribution in [0.3, 0.4) is 0 Å². The number of hydrogen-bond acceptors (Lipinski definition) is 5. The molecule has 0 spiro atoms. The van der Waals surface area contributed by atoms with Gasteiger partial charge in [-0.1, -0.05) is 30.3 Å². The van der Waals surface area contributed by atoms with Crippen molar-refractivity contribution in [2.45, 2.75) is 4.90 Å². The quantitative estimate of drug-likeness (QED) is 0.289. The van der Waals surface area contributed by atoms with Gasteiger partial charge in [-0.25, -0.2) is 0 Å². The number of thiocarbonyl (C=S) groups is 1. The Balaban J connectivity index is 1.56. The lowest BCUT2D eigenvalue weighted by molar-refractivity contribution is -0.113. The van der Waals surface area contributed by atoms with Crippen molar-refractivity contribution in [2.24, 2.45) is 5.73 Å². The lowest BCUT2D eigenvalue weighted by Gasteiger charge is -2.14. The molecule has 5 N–H and O–H groups in total. The Morgan fingerprint density at radius 1 is 0.938 bits per heavy atom. The van der Waals surface area contributed by atoms with Crippen LogP contribution in [0.25, 0.3) is 0 Å². The highest BCUT2D eigenvalue weighted by Gasteiger charge is 2.11. The molecule has 0 aliphatic rings. The minimum Gasteiger partial charge on any atom is -0.495 e. The van der Waals surface area contributed by atoms with Crippen LogP contribution in [-0.2, 0) is 4.79 Å². The number of rotatable bonds is 8. The smallest absolute Gasteiger partial charge is 0.250 e. The Kier molecular flexibility index (Phi) is 8.07. The molecule has 164 valence electrons. The number of benzene rings is 3. The fourth-order valence-electron chi connectivity index (χ4n) is 2.84. The van der Waals surface area contributed by atoms with Crippen molar-refractivity contribution in [3.63, 3.8) is 0 Å². The molecule has 0 unspecified atom stereocenters. The van der Waals surface area contributed by atoms with Gasteiger partial charge in [-0.15, -0.1) is 11.8 Å². The number of nitrogens with one attached hydrogen (secondary N) is 3. The number of carbonyl (C=O) groups excluding carboxylic acids is 2. The van der Waals surface area contributed by atoms with Crippen molar-refractivity contribution in [1.29, 1.82) is 0 Å². The van der Waals surface area contributed by atoms with E-state index in [1.165, 1.54) is 11.8 Å². The Labute approximate surface area is 195 Å². The number of thioether (sulfide) groups is 1. The van der Waals surface area contributed by atoms with Crippen LogP contribution in [0.4, 0.5) is 17.1 Å². The van der Waals surface area contributed by atoms with E-state index in [1.807, 2.05) is 48.5 Å². The maximum atomic E-state index is 12.3. The highest BCUT2D eigenvalue weighted by atomic mass is 32.2. The van der Waals surface area contributed by atoms with E-state index in [2.05, 4.69) is 16.0 Å². The third-order valence-electron chi connectivity index (χ3n) is 4.28. The predicted octanol–water partition coefficient (Wildman–Crippen LogP) is 4.33. The molecule has 0 aromatic heterocycles. The first kappa shape index (κ1) is 23.1. The number of methoxy groups -OCH3 is 1. The van der Waals surface area contributed by atoms with Crippen molar-refractivity contribution in [3.8, 4) is 5.75 Å². The van der Waals surface area contributed by atoms with E-state index in [0.717, 1.165) is 16.3 Å². The summed E-state index contributed by atoms with van der Waals surface area (Å²) in [7, 11) is 1.60. The maximum absolute atomic E-state index is 12.3. The highest BCUT2D eigenvalue weighted by molar-refractivity contribution is 8.00. The van der Waals surface area contributed by atoms with Gasteiger partial charge in [-0.2, -0.15) is 0 Å². The van der Waals surface area contributed by atoms with E-state index < -0.39 is 5.91 Å². The first-order chi connectivity index (χ1) is 15.5. The average molecular weight is 467 g/mol. The zero-order valence-corrected chi connectivity index (χ0v) is 18.9. The number of carbonyl (C=O) groups is 2. The fourth-order valence-corrected chi connectivity index (χ4v) is 3.82. The van der Waals surface area contributed by atoms with Gasteiger partial charge >= 0.3 is 0 Å². The van der Waals surface area contributed by atoms with Gasteiger partial charge in [0.25, 0.3) is 5.91 Å². The first-order valence-corrected chi connectivity index (χ1v) is 11.0. The van der Waals surface area contributed by atoms with Gasteiger partial charge in [0.15, 0.2) is 5.11 Å². The van der Waals surface area contributed by atoms with Crippen molar-refractivity contribution in [3.05, 3.63) is 78.4 Å². The molecular formula is C23H22N4O3S2. The SMILES string of the molecule is COc1ccccc1NC(=S)Nc1cccc(SCC(=O)Nc2ccccc2C(N)=O)c1. The van der Waals surface area contributed by atoms with E-state index in [9.17, 15) is 9.59 Å². The normalized spacial score (nSPS) is 10.2. The lowest BCUT2D eigenvalue weighted by Crippen LogP contribution is -2.19. The summed E-state index contributed by atoms with van der Waals surface area (Å²) < 4.78 is 5.32. The molecule has 3 rings (SSSR count). The summed E-state index contributed by atoms with van der Waals surface area (Å²) >= 11 is 6.76. The van der Waals surface area contributed by atoms with Gasteiger partial charge in [0.1, 0.15) is 5.75 Å². The minimum absolute atomic E-state index is 0.167. The fraction of sp³-hybridized carbons (Fsp3) is 0.0870. The molecule has 0 atom stereocenters. The van der Waals surface area contributed by atoms with Gasteiger partial charge in [0.2, 0.25) is 5.91 Å². The Hall–Kier alpha value is -3.56. The molecule has 9 heteroatoms. The second kappa shape index (κ2) is 11.2. The molecule has 2 amide bonds. The third kappa shape index (κ3) is 6.47. The van der Waals surface area contributed by atoms with Crippen LogP contribution in [-0.4, -0.2) is 29.8 Å². The van der Waals surface area contributed by atoms with Gasteiger partial charge in [0.05, 0.1) is 29.8 Å². The molecule has 32 heavy (non-hydrogen) atoms. The van der Waals surface area contributed by atoms with Crippen molar-refractivity contribution < 1.29 is 14.3 Å². The molecule has 7 nitrogen and oxygen atoms in total. The van der Waals surface area contributed by atoms with Gasteiger partial charge < -0.3 is 26.4 Å². The summed E-state index contributed by atoms with van der Waals surface area (Å²) in [6.07, 6.45) is 0. The lowest BCUT2D eigenvalue weighted by atomic mass is 10.1. The summed E-state index contributed by atoms with van der Waals surface area (Å²) in [4.78, 5) is 24.7. The molecule has 0 saturated heterocycles. The Morgan fingerprint density at radius 2 is 1.66 bits per heavy atom. The first-order valence-electron chi connectivity index (χ1n) is 9.59. The average Bonchev–Trinajstić information content (AvgIpc) is 2.78. The van der Waals surface area contributed by atoms with E-state index in [0.29, 0.717) is 16.5 Å². The molecule has 0 aliphatic heterocycles. The maximum Gasteiger partial charge on any atom is 0.250 e. The van der Waals surface area contributed by atoms with Crippen LogP contribution in [0.2, 0.25) is 0 Å². The number of amides is 2. The standard InChI is InChI=1S/C23H22N4O3S2/c1-30-20-12-5-4-11-19(20)27-23(31)25-15-7-6-8-16(13-15)32-14-21(28)26-18-10-3-2-9-17(18)22(24)29/h2-13H,14H2,1H3,(H2,24,29)(H,26,28)(H2,25,27,31). The Morgan fingerprint density at radius 3 is 2.41 bits per heavy atom. The summed E-state index contributed by atoms with van der Waals surface area (Å²) in [6, 6.07) is 21.7. The molecule has 0 radical (unpaired) electrons. The second-order valence-corrected chi connectivity index (χ2v) is 8.01. The number of anilines is 3. The molecule has 3 aromatic carbocycles. The molecule has 0 saturated carbocycles. The Bertz CT molecular complexity index is 1140. The minimum atomic E-state index is -0.593. The zero-order chi connectivity index (χ0) is 22.9.